The number of carbonyl (C=O) groups excluding carboxylic acids is 3. The van der Waals surface area contributed by atoms with Crippen molar-refractivity contribution in [1.29, 1.82) is 0 Å². The molecule has 9 nitrogen and oxygen atoms in total. The second kappa shape index (κ2) is 11.0. The second-order valence-electron chi connectivity index (χ2n) is 5.80. The number of anilines is 1. The average molecular weight is 382 g/mol. The summed E-state index contributed by atoms with van der Waals surface area (Å²) >= 11 is 0. The number of methoxy groups -OCH3 is 1. The smallest absolute Gasteiger partial charge is 0.413 e. The lowest BCUT2D eigenvalue weighted by Crippen LogP contribution is -3.15. The molecule has 0 saturated heterocycles. The minimum atomic E-state index is -0.832. The van der Waals surface area contributed by atoms with Gasteiger partial charge in [0.15, 0.2) is 24.1 Å². The minimum absolute atomic E-state index is 0.0347. The largest absolute Gasteiger partial charge is 0.490 e. The van der Waals surface area contributed by atoms with Gasteiger partial charge in [0.05, 0.1) is 27.4 Å². The van der Waals surface area contributed by atoms with E-state index in [9.17, 15) is 14.4 Å². The summed E-state index contributed by atoms with van der Waals surface area (Å²) in [5.41, 5.74) is 0.561. The number of ether oxygens (including phenoxy) is 3. The summed E-state index contributed by atoms with van der Waals surface area (Å²) in [7, 11) is 2.86. The molecule has 0 bridgehead atoms. The maximum absolute atomic E-state index is 12.3. The van der Waals surface area contributed by atoms with Gasteiger partial charge in [0.2, 0.25) is 0 Å². The summed E-state index contributed by atoms with van der Waals surface area (Å²) in [6, 6.07) is 4.52. The number of quaternary nitrogens is 1. The molecule has 150 valence electrons. The molecule has 0 aliphatic heterocycles. The number of carbonyl (C=O) groups is 3. The van der Waals surface area contributed by atoms with Gasteiger partial charge in [-0.1, -0.05) is 0 Å². The van der Waals surface area contributed by atoms with Crippen LogP contribution in [-0.4, -0.2) is 57.9 Å². The van der Waals surface area contributed by atoms with Crippen LogP contribution in [0, 0.1) is 0 Å². The average Bonchev–Trinajstić information content (AvgIpc) is 2.63. The van der Waals surface area contributed by atoms with Crippen molar-refractivity contribution in [2.45, 2.75) is 26.8 Å². The first kappa shape index (κ1) is 22.2. The molecule has 3 N–H and O–H groups in total. The molecule has 3 amide bonds. The van der Waals surface area contributed by atoms with Crippen molar-refractivity contribution in [1.82, 2.24) is 5.32 Å². The van der Waals surface area contributed by atoms with E-state index in [0.717, 1.165) is 0 Å². The molecule has 0 aliphatic carbocycles. The molecule has 0 aromatic heterocycles. The molecule has 0 aliphatic rings. The predicted octanol–water partition coefficient (Wildman–Crippen LogP) is 0.208. The van der Waals surface area contributed by atoms with Gasteiger partial charge >= 0.3 is 6.09 Å². The van der Waals surface area contributed by atoms with Gasteiger partial charge in [-0.2, -0.15) is 0 Å². The van der Waals surface area contributed by atoms with Gasteiger partial charge in [-0.3, -0.25) is 14.9 Å². The zero-order chi connectivity index (χ0) is 20.4. The molecule has 27 heavy (non-hydrogen) atoms. The van der Waals surface area contributed by atoms with Crippen molar-refractivity contribution in [2.75, 3.05) is 39.2 Å². The highest BCUT2D eigenvalue weighted by Gasteiger charge is 2.25. The van der Waals surface area contributed by atoms with E-state index in [2.05, 4.69) is 15.4 Å². The van der Waals surface area contributed by atoms with Crippen LogP contribution in [0.15, 0.2) is 18.2 Å². The van der Waals surface area contributed by atoms with E-state index < -0.39 is 18.0 Å². The van der Waals surface area contributed by atoms with Crippen LogP contribution in [-0.2, 0) is 14.3 Å². The Balaban J connectivity index is 2.69. The van der Waals surface area contributed by atoms with Crippen molar-refractivity contribution in [3.8, 4) is 11.5 Å². The number of rotatable bonds is 9. The number of alkyl carbamates (subject to hydrolysis) is 1. The first-order chi connectivity index (χ1) is 12.8. The van der Waals surface area contributed by atoms with Crippen molar-refractivity contribution in [3.05, 3.63) is 18.2 Å². The van der Waals surface area contributed by atoms with Gasteiger partial charge in [0, 0.05) is 11.8 Å². The van der Waals surface area contributed by atoms with Crippen molar-refractivity contribution < 1.29 is 33.5 Å². The molecule has 9 heteroatoms. The quantitative estimate of drug-likeness (QED) is 0.564. The Morgan fingerprint density at radius 3 is 2.33 bits per heavy atom. The monoisotopic (exact) mass is 382 g/mol. The van der Waals surface area contributed by atoms with E-state index in [-0.39, 0.29) is 12.5 Å². The van der Waals surface area contributed by atoms with E-state index in [1.54, 1.807) is 32.2 Å². The summed E-state index contributed by atoms with van der Waals surface area (Å²) in [6.07, 6.45) is -0.832. The molecule has 1 aromatic carbocycles. The maximum atomic E-state index is 12.3. The fourth-order valence-corrected chi connectivity index (χ4v) is 2.22. The number of amides is 3. The van der Waals surface area contributed by atoms with Crippen LogP contribution < -0.4 is 25.0 Å². The molecule has 0 saturated carbocycles. The third kappa shape index (κ3) is 7.14. The fraction of sp³-hybridized carbons (Fsp3) is 0.500. The van der Waals surface area contributed by atoms with Gasteiger partial charge in [-0.15, -0.1) is 0 Å². The van der Waals surface area contributed by atoms with Crippen molar-refractivity contribution in [2.24, 2.45) is 0 Å². The van der Waals surface area contributed by atoms with Crippen LogP contribution in [0.25, 0.3) is 0 Å². The van der Waals surface area contributed by atoms with Gasteiger partial charge in [-0.25, -0.2) is 4.79 Å². The molecular weight excluding hydrogens is 354 g/mol. The number of nitrogens with one attached hydrogen (secondary N) is 3. The minimum Gasteiger partial charge on any atom is -0.490 e. The molecule has 2 atom stereocenters. The normalized spacial score (nSPS) is 12.5. The van der Waals surface area contributed by atoms with Crippen LogP contribution in [0.3, 0.4) is 0 Å². The Hall–Kier alpha value is -2.81. The lowest BCUT2D eigenvalue weighted by atomic mass is 10.2. The number of imide groups is 1. The highest BCUT2D eigenvalue weighted by molar-refractivity contribution is 5.94. The number of hydrogen-bond donors (Lipinski definition) is 3. The lowest BCUT2D eigenvalue weighted by Gasteiger charge is -2.20. The SMILES string of the molecule is CCOc1ccc(NC(=O)C[NH+](C)[C@@H](C)C(=O)NC(=O)OC)cc1OCC. The van der Waals surface area contributed by atoms with Gasteiger partial charge in [-0.05, 0) is 32.9 Å². The summed E-state index contributed by atoms with van der Waals surface area (Å²) in [5.74, 6) is 0.348. The highest BCUT2D eigenvalue weighted by Crippen LogP contribution is 2.30. The molecular formula is C18H28N3O6+. The van der Waals surface area contributed by atoms with Crippen LogP contribution in [0.1, 0.15) is 20.8 Å². The Bertz CT molecular complexity index is 664. The molecule has 0 fully saturated rings. The third-order valence-corrected chi connectivity index (χ3v) is 3.81. The topological polar surface area (TPSA) is 107 Å². The molecule has 1 unspecified atom stereocenters. The molecule has 0 spiro atoms. The third-order valence-electron chi connectivity index (χ3n) is 3.81. The Morgan fingerprint density at radius 1 is 1.11 bits per heavy atom. The van der Waals surface area contributed by atoms with Crippen molar-refractivity contribution >= 4 is 23.6 Å². The second-order valence-corrected chi connectivity index (χ2v) is 5.80. The predicted molar refractivity (Wildman–Crippen MR) is 99.2 cm³/mol. The molecule has 0 radical (unpaired) electrons. The number of hydrogen-bond acceptors (Lipinski definition) is 6. The summed E-state index contributed by atoms with van der Waals surface area (Å²) in [4.78, 5) is 35.9. The van der Waals surface area contributed by atoms with Crippen LogP contribution in [0.2, 0.25) is 0 Å². The van der Waals surface area contributed by atoms with Gasteiger partial charge in [0.25, 0.3) is 11.8 Å². The van der Waals surface area contributed by atoms with Crippen LogP contribution in [0.4, 0.5) is 10.5 Å². The zero-order valence-corrected chi connectivity index (χ0v) is 16.4. The highest BCUT2D eigenvalue weighted by atomic mass is 16.5. The summed E-state index contributed by atoms with van der Waals surface area (Å²) in [5, 5.41) is 4.86. The first-order valence-corrected chi connectivity index (χ1v) is 8.72. The standard InChI is InChI=1S/C18H27N3O6/c1-6-26-14-9-8-13(10-15(14)27-7-2)19-16(22)11-21(4)12(3)17(23)20-18(24)25-5/h8-10,12H,6-7,11H2,1-5H3,(H,19,22)(H,20,23,24)/p+1/t12-/m0/s1. The van der Waals surface area contributed by atoms with E-state index in [1.807, 2.05) is 13.8 Å². The Labute approximate surface area is 158 Å². The van der Waals surface area contributed by atoms with E-state index in [1.165, 1.54) is 7.11 Å². The maximum Gasteiger partial charge on any atom is 0.413 e. The van der Waals surface area contributed by atoms with Crippen LogP contribution in [0.5, 0.6) is 11.5 Å². The van der Waals surface area contributed by atoms with Crippen molar-refractivity contribution in [3.63, 3.8) is 0 Å². The molecule has 1 aromatic rings. The van der Waals surface area contributed by atoms with Gasteiger partial charge in [0.1, 0.15) is 0 Å². The lowest BCUT2D eigenvalue weighted by molar-refractivity contribution is -0.885. The Kier molecular flexibility index (Phi) is 9.07. The van der Waals surface area contributed by atoms with E-state index in [4.69, 9.17) is 9.47 Å². The Morgan fingerprint density at radius 2 is 1.74 bits per heavy atom. The van der Waals surface area contributed by atoms with Crippen LogP contribution >= 0.6 is 0 Å². The molecule has 0 heterocycles. The summed E-state index contributed by atoms with van der Waals surface area (Å²) in [6.45, 7) is 6.36. The first-order valence-electron chi connectivity index (χ1n) is 8.72. The summed E-state index contributed by atoms with van der Waals surface area (Å²) < 4.78 is 15.4. The fourth-order valence-electron chi connectivity index (χ4n) is 2.22. The number of benzene rings is 1. The zero-order valence-electron chi connectivity index (χ0n) is 16.4. The van der Waals surface area contributed by atoms with E-state index in [0.29, 0.717) is 35.3 Å². The van der Waals surface area contributed by atoms with E-state index >= 15 is 0 Å². The van der Waals surface area contributed by atoms with Gasteiger partial charge < -0.3 is 24.4 Å². The molecule has 1 rings (SSSR count). The number of likely N-dealkylation sites (N-methyl/N-ethyl adjacent to an activating group) is 1.